The van der Waals surface area contributed by atoms with Crippen molar-refractivity contribution in [3.8, 4) is 17.2 Å². The minimum Gasteiger partial charge on any atom is -0.451 e. The number of hydrogen-bond donors (Lipinski definition) is 2. The molecule has 1 amide bonds. The number of pyridine rings is 1. The molecule has 0 aliphatic carbocycles. The van der Waals surface area contributed by atoms with Gasteiger partial charge in [0.25, 0.3) is 5.91 Å². The average Bonchev–Trinajstić information content (AvgIpc) is 3.48. The molecule has 9 heteroatoms. The lowest BCUT2D eigenvalue weighted by atomic mass is 10.1. The van der Waals surface area contributed by atoms with Crippen molar-refractivity contribution < 1.29 is 13.9 Å². The van der Waals surface area contributed by atoms with Crippen molar-refractivity contribution in [3.63, 3.8) is 0 Å². The molecule has 3 aliphatic rings. The SMILES string of the molecule is CN1CCCC1CCNC(=O)c1cn2c3c(c(N4CC[C@H](N)C4)c(F)cc3c1=O)Oc1ccccc1-2. The number of anilines is 1. The van der Waals surface area contributed by atoms with Crippen LogP contribution in [0.5, 0.6) is 11.5 Å². The molecule has 0 spiro atoms. The summed E-state index contributed by atoms with van der Waals surface area (Å²) >= 11 is 0. The number of nitrogens with one attached hydrogen (secondary N) is 1. The Kier molecular flexibility index (Phi) is 5.69. The van der Waals surface area contributed by atoms with Gasteiger partial charge in [-0.25, -0.2) is 4.39 Å². The van der Waals surface area contributed by atoms with E-state index >= 15 is 4.39 Å². The molecule has 188 valence electrons. The number of nitrogens with two attached hydrogens (primary N) is 1. The van der Waals surface area contributed by atoms with Crippen molar-refractivity contribution in [2.75, 3.05) is 38.1 Å². The summed E-state index contributed by atoms with van der Waals surface area (Å²) in [5.74, 6) is -0.199. The van der Waals surface area contributed by atoms with Gasteiger partial charge in [0, 0.05) is 37.9 Å². The smallest absolute Gasteiger partial charge is 0.256 e. The highest BCUT2D eigenvalue weighted by atomic mass is 19.1. The van der Waals surface area contributed by atoms with Crippen LogP contribution in [0.15, 0.2) is 41.3 Å². The first-order valence-electron chi connectivity index (χ1n) is 12.6. The zero-order valence-electron chi connectivity index (χ0n) is 20.3. The molecule has 8 nitrogen and oxygen atoms in total. The van der Waals surface area contributed by atoms with E-state index in [1.807, 2.05) is 23.1 Å². The minimum absolute atomic E-state index is 0.0136. The maximum atomic E-state index is 15.6. The highest BCUT2D eigenvalue weighted by molar-refractivity contribution is 6.01. The molecule has 0 saturated carbocycles. The predicted octanol–water partition coefficient (Wildman–Crippen LogP) is 2.99. The van der Waals surface area contributed by atoms with Crippen LogP contribution in [0.3, 0.4) is 0 Å². The van der Waals surface area contributed by atoms with Gasteiger partial charge in [0.15, 0.2) is 17.3 Å². The van der Waals surface area contributed by atoms with Crippen LogP contribution in [0.4, 0.5) is 10.1 Å². The van der Waals surface area contributed by atoms with E-state index in [0.29, 0.717) is 48.3 Å². The van der Waals surface area contributed by atoms with Crippen LogP contribution in [0.25, 0.3) is 16.6 Å². The van der Waals surface area contributed by atoms with E-state index in [4.69, 9.17) is 10.5 Å². The van der Waals surface area contributed by atoms with Gasteiger partial charge in [0.2, 0.25) is 5.43 Å². The minimum atomic E-state index is -0.559. The zero-order chi connectivity index (χ0) is 25.0. The zero-order valence-corrected chi connectivity index (χ0v) is 20.3. The number of rotatable bonds is 5. The van der Waals surface area contributed by atoms with Crippen LogP contribution in [0.1, 0.15) is 36.0 Å². The molecule has 2 atom stereocenters. The third-order valence-electron chi connectivity index (χ3n) is 7.73. The summed E-state index contributed by atoms with van der Waals surface area (Å²) in [6, 6.07) is 8.96. The third-order valence-corrected chi connectivity index (χ3v) is 7.73. The molecule has 2 saturated heterocycles. The van der Waals surface area contributed by atoms with Gasteiger partial charge in [-0.15, -0.1) is 0 Å². The Morgan fingerprint density at radius 3 is 2.83 bits per heavy atom. The number of amides is 1. The topological polar surface area (TPSA) is 92.8 Å². The fourth-order valence-corrected chi connectivity index (χ4v) is 5.79. The lowest BCUT2D eigenvalue weighted by Crippen LogP contribution is -2.34. The molecule has 6 rings (SSSR count). The highest BCUT2D eigenvalue weighted by Gasteiger charge is 2.32. The molecule has 36 heavy (non-hydrogen) atoms. The summed E-state index contributed by atoms with van der Waals surface area (Å²) in [5.41, 5.74) is 7.02. The van der Waals surface area contributed by atoms with E-state index in [0.717, 1.165) is 32.2 Å². The summed E-state index contributed by atoms with van der Waals surface area (Å²) < 4.78 is 23.6. The summed E-state index contributed by atoms with van der Waals surface area (Å²) in [5, 5.41) is 3.03. The van der Waals surface area contributed by atoms with Crippen LogP contribution in [0, 0.1) is 5.82 Å². The summed E-state index contributed by atoms with van der Waals surface area (Å²) in [6.07, 6.45) is 5.39. The Bertz CT molecular complexity index is 1420. The monoisotopic (exact) mass is 491 g/mol. The van der Waals surface area contributed by atoms with Gasteiger partial charge in [-0.05, 0) is 57.5 Å². The predicted molar refractivity (Wildman–Crippen MR) is 137 cm³/mol. The van der Waals surface area contributed by atoms with Crippen LogP contribution >= 0.6 is 0 Å². The third kappa shape index (κ3) is 3.74. The van der Waals surface area contributed by atoms with Crippen molar-refractivity contribution in [1.82, 2.24) is 14.8 Å². The van der Waals surface area contributed by atoms with Crippen LogP contribution in [-0.2, 0) is 0 Å². The molecule has 3 aliphatic heterocycles. The second-order valence-electron chi connectivity index (χ2n) is 10.1. The standard InChI is InChI=1S/C27H30FN5O3/c1-31-11-4-5-17(31)8-10-30-27(35)19-15-33-21-6-2-3-7-22(21)36-26-23(33)18(25(19)34)13-20(28)24(26)32-12-9-16(29)14-32/h2-3,6-7,13,15-17H,4-5,8-12,14,29H2,1H3,(H,30,35)/t16-,17?/m0/s1. The maximum absolute atomic E-state index is 15.6. The van der Waals surface area contributed by atoms with Crippen LogP contribution in [-0.4, -0.2) is 60.7 Å². The molecular formula is C27H30FN5O3. The number of ether oxygens (including phenoxy) is 1. The Morgan fingerprint density at radius 1 is 1.25 bits per heavy atom. The van der Waals surface area contributed by atoms with E-state index < -0.39 is 17.2 Å². The summed E-state index contributed by atoms with van der Waals surface area (Å²) in [7, 11) is 2.09. The number of likely N-dealkylation sites (tertiary alicyclic amines) is 1. The van der Waals surface area contributed by atoms with Gasteiger partial charge in [-0.3, -0.25) is 9.59 Å². The molecule has 2 aromatic carbocycles. The van der Waals surface area contributed by atoms with Gasteiger partial charge in [-0.2, -0.15) is 0 Å². The summed E-state index contributed by atoms with van der Waals surface area (Å²) in [4.78, 5) is 30.8. The second-order valence-corrected chi connectivity index (χ2v) is 10.1. The van der Waals surface area contributed by atoms with E-state index in [-0.39, 0.29) is 22.7 Å². The number of fused-ring (bicyclic) bond motifs is 2. The lowest BCUT2D eigenvalue weighted by Gasteiger charge is -2.29. The van der Waals surface area contributed by atoms with Crippen molar-refractivity contribution in [3.05, 3.63) is 58.1 Å². The summed E-state index contributed by atoms with van der Waals surface area (Å²) in [6.45, 7) is 2.64. The molecule has 1 aromatic heterocycles. The molecule has 2 fully saturated rings. The number of hydrogen-bond acceptors (Lipinski definition) is 6. The van der Waals surface area contributed by atoms with Gasteiger partial charge in [0.1, 0.15) is 16.8 Å². The fourth-order valence-electron chi connectivity index (χ4n) is 5.79. The normalized spacial score (nSPS) is 21.0. The number of aromatic nitrogens is 1. The quantitative estimate of drug-likeness (QED) is 0.446. The Balaban J connectivity index is 1.44. The highest BCUT2D eigenvalue weighted by Crippen LogP contribution is 2.46. The fraction of sp³-hybridized carbons (Fsp3) is 0.407. The first-order valence-corrected chi connectivity index (χ1v) is 12.6. The maximum Gasteiger partial charge on any atom is 0.256 e. The van der Waals surface area contributed by atoms with E-state index in [1.165, 1.54) is 6.07 Å². The molecule has 4 heterocycles. The number of para-hydroxylation sites is 2. The van der Waals surface area contributed by atoms with Crippen molar-refractivity contribution in [2.24, 2.45) is 5.73 Å². The lowest BCUT2D eigenvalue weighted by molar-refractivity contribution is 0.0949. The van der Waals surface area contributed by atoms with E-state index in [9.17, 15) is 9.59 Å². The average molecular weight is 492 g/mol. The Labute approximate surface area is 208 Å². The van der Waals surface area contributed by atoms with Crippen molar-refractivity contribution in [2.45, 2.75) is 37.8 Å². The van der Waals surface area contributed by atoms with Crippen molar-refractivity contribution in [1.29, 1.82) is 0 Å². The van der Waals surface area contributed by atoms with E-state index in [1.54, 1.807) is 16.8 Å². The molecular weight excluding hydrogens is 461 g/mol. The van der Waals surface area contributed by atoms with Crippen molar-refractivity contribution >= 4 is 22.5 Å². The molecule has 1 unspecified atom stereocenters. The van der Waals surface area contributed by atoms with Gasteiger partial charge in [0.05, 0.1) is 11.1 Å². The van der Waals surface area contributed by atoms with Crippen LogP contribution < -0.4 is 26.1 Å². The number of carbonyl (C=O) groups is 1. The van der Waals surface area contributed by atoms with Gasteiger partial charge < -0.3 is 30.2 Å². The largest absolute Gasteiger partial charge is 0.451 e. The number of nitrogens with zero attached hydrogens (tertiary/aromatic N) is 3. The Morgan fingerprint density at radius 2 is 2.08 bits per heavy atom. The number of carbonyl (C=O) groups excluding carboxylic acids is 1. The van der Waals surface area contributed by atoms with Gasteiger partial charge >= 0.3 is 0 Å². The first kappa shape index (κ1) is 23.0. The molecule has 3 aromatic rings. The van der Waals surface area contributed by atoms with E-state index in [2.05, 4.69) is 17.3 Å². The number of benzene rings is 2. The molecule has 0 radical (unpaired) electrons. The van der Waals surface area contributed by atoms with Crippen LogP contribution in [0.2, 0.25) is 0 Å². The van der Waals surface area contributed by atoms with Gasteiger partial charge in [-0.1, -0.05) is 12.1 Å². The first-order chi connectivity index (χ1) is 17.4. The number of halogens is 1. The molecule has 0 bridgehead atoms. The Hall–Kier alpha value is -3.43. The molecule has 3 N–H and O–H groups in total. The second kappa shape index (κ2) is 8.90.